The lowest BCUT2D eigenvalue weighted by Gasteiger charge is -2.44. The molecule has 3 aromatic carbocycles. The van der Waals surface area contributed by atoms with Crippen LogP contribution in [0, 0.1) is 16.5 Å². The van der Waals surface area contributed by atoms with Crippen molar-refractivity contribution >= 4 is 34.2 Å². The Morgan fingerprint density at radius 3 is 2.51 bits per heavy atom. The van der Waals surface area contributed by atoms with Crippen molar-refractivity contribution in [3.8, 4) is 0 Å². The first-order valence-corrected chi connectivity index (χ1v) is 14.4. The summed E-state index contributed by atoms with van der Waals surface area (Å²) in [5, 5.41) is 27.8. The van der Waals surface area contributed by atoms with E-state index in [1.165, 1.54) is 0 Å². The largest absolute Gasteiger partial charge is 0.627 e. The van der Waals surface area contributed by atoms with E-state index in [1.807, 2.05) is 38.1 Å². The van der Waals surface area contributed by atoms with Crippen LogP contribution >= 0.6 is 0 Å². The van der Waals surface area contributed by atoms with Crippen molar-refractivity contribution in [2.45, 2.75) is 70.6 Å². The van der Waals surface area contributed by atoms with Gasteiger partial charge in [0.15, 0.2) is 6.04 Å². The number of carbonyl (C=O) groups excluding carboxylic acids is 2. The molecule has 0 bridgehead atoms. The van der Waals surface area contributed by atoms with Crippen LogP contribution in [0.15, 0.2) is 54.6 Å². The van der Waals surface area contributed by atoms with Gasteiger partial charge in [-0.3, -0.25) is 10.2 Å². The minimum atomic E-state index is -0.941. The van der Waals surface area contributed by atoms with Crippen LogP contribution in [0.4, 0.5) is 5.69 Å². The summed E-state index contributed by atoms with van der Waals surface area (Å²) in [6.07, 6.45) is 3.50. The van der Waals surface area contributed by atoms with Gasteiger partial charge in [-0.05, 0) is 54.5 Å². The molecule has 6 N–H and O–H groups in total. The summed E-state index contributed by atoms with van der Waals surface area (Å²) < 4.78 is 4.56. The van der Waals surface area contributed by atoms with Crippen molar-refractivity contribution in [2.24, 2.45) is 17.4 Å². The lowest BCUT2D eigenvalue weighted by atomic mass is 9.91. The van der Waals surface area contributed by atoms with Gasteiger partial charge in [-0.2, -0.15) is 0 Å². The van der Waals surface area contributed by atoms with Crippen molar-refractivity contribution in [1.82, 2.24) is 9.96 Å². The van der Waals surface area contributed by atoms with Gasteiger partial charge >= 0.3 is 5.97 Å². The fourth-order valence-corrected chi connectivity index (χ4v) is 6.04. The van der Waals surface area contributed by atoms with Gasteiger partial charge in [0.05, 0.1) is 12.2 Å². The minimum Gasteiger partial charge on any atom is -0.627 e. The van der Waals surface area contributed by atoms with Crippen LogP contribution in [0.3, 0.4) is 0 Å². The van der Waals surface area contributed by atoms with Gasteiger partial charge in [-0.15, -0.1) is 0 Å². The summed E-state index contributed by atoms with van der Waals surface area (Å²) in [6.45, 7) is 4.15. The molecule has 9 heteroatoms. The van der Waals surface area contributed by atoms with Crippen molar-refractivity contribution in [1.29, 1.82) is 5.41 Å². The third-order valence-electron chi connectivity index (χ3n) is 8.28. The molecule has 5 rings (SSSR count). The molecule has 9 nitrogen and oxygen atoms in total. The van der Waals surface area contributed by atoms with Crippen LogP contribution in [0.5, 0.6) is 0 Å². The summed E-state index contributed by atoms with van der Waals surface area (Å²) in [4.78, 5) is 26.8. The van der Waals surface area contributed by atoms with Crippen LogP contribution in [-0.2, 0) is 22.5 Å². The maximum atomic E-state index is 15.1. The first-order valence-electron chi connectivity index (χ1n) is 14.4. The Hall–Kier alpha value is -3.79. The number of hydrogen-bond acceptors (Lipinski definition) is 6. The van der Waals surface area contributed by atoms with E-state index in [-0.39, 0.29) is 49.3 Å². The van der Waals surface area contributed by atoms with E-state index in [0.29, 0.717) is 22.4 Å². The zero-order valence-corrected chi connectivity index (χ0v) is 23.7. The summed E-state index contributed by atoms with van der Waals surface area (Å²) in [7, 11) is 0. The molecular formula is C32H39N5O4. The number of amidine groups is 1. The molecule has 1 fully saturated rings. The Morgan fingerprint density at radius 2 is 1.80 bits per heavy atom. The Morgan fingerprint density at radius 1 is 1.07 bits per heavy atom. The molecule has 1 saturated carbocycles. The number of benzene rings is 3. The Kier molecular flexibility index (Phi) is 8.13. The summed E-state index contributed by atoms with van der Waals surface area (Å²) in [5.41, 5.74) is 14.5. The number of nitrogen functional groups attached to an aromatic ring is 1. The van der Waals surface area contributed by atoms with E-state index < -0.39 is 16.7 Å². The average Bonchev–Trinajstić information content (AvgIpc) is 3.24. The standard InChI is InChI=1S/C32H39N5O4/c1-19(2)18-41-32(39)23-13-20-5-3-4-6-27(20)24(14-23)17-37(40)28-16-22(30(34)35)8-7-21(28)15-29(37)31(38)36-26-11-9-25(33)10-12-26/h3-8,13-14,16,19,25-26,29H,9-12,15,17-18,33H2,1-2H3,(H3,34,35)(H,36,38). The van der Waals surface area contributed by atoms with Crippen molar-refractivity contribution in [3.63, 3.8) is 0 Å². The summed E-state index contributed by atoms with van der Waals surface area (Å²) >= 11 is 0. The molecule has 1 aliphatic carbocycles. The number of rotatable bonds is 8. The van der Waals surface area contributed by atoms with E-state index >= 15 is 5.21 Å². The lowest BCUT2D eigenvalue weighted by molar-refractivity contribution is -0.126. The summed E-state index contributed by atoms with van der Waals surface area (Å²) in [6, 6.07) is 15.4. The fourth-order valence-electron chi connectivity index (χ4n) is 6.04. The molecule has 3 aromatic rings. The number of ether oxygens (including phenoxy) is 1. The van der Waals surface area contributed by atoms with Gasteiger partial charge in [-0.25, -0.2) is 4.79 Å². The second-order valence-electron chi connectivity index (χ2n) is 11.9. The quantitative estimate of drug-likeness (QED) is 0.107. The second kappa shape index (κ2) is 11.6. The molecule has 0 spiro atoms. The summed E-state index contributed by atoms with van der Waals surface area (Å²) in [5.74, 6) is -0.706. The van der Waals surface area contributed by atoms with Crippen molar-refractivity contribution < 1.29 is 14.3 Å². The first-order chi connectivity index (χ1) is 19.5. The fraction of sp³-hybridized carbons (Fsp3) is 0.406. The zero-order chi connectivity index (χ0) is 29.3. The molecule has 0 saturated heterocycles. The predicted molar refractivity (Wildman–Crippen MR) is 161 cm³/mol. The Balaban J connectivity index is 1.55. The van der Waals surface area contributed by atoms with E-state index in [0.717, 1.165) is 42.0 Å². The average molecular weight is 558 g/mol. The molecule has 2 atom stereocenters. The second-order valence-corrected chi connectivity index (χ2v) is 11.9. The number of amides is 1. The topological polar surface area (TPSA) is 154 Å². The highest BCUT2D eigenvalue weighted by molar-refractivity contribution is 5.98. The number of nitrogens with two attached hydrogens (primary N) is 2. The van der Waals surface area contributed by atoms with Crippen molar-refractivity contribution in [2.75, 3.05) is 6.61 Å². The van der Waals surface area contributed by atoms with Crippen molar-refractivity contribution in [3.05, 3.63) is 82.1 Å². The molecule has 0 aromatic heterocycles. The molecule has 0 radical (unpaired) electrons. The lowest BCUT2D eigenvalue weighted by Crippen LogP contribution is -2.57. The van der Waals surface area contributed by atoms with Gasteiger partial charge in [0, 0.05) is 41.3 Å². The number of nitrogens with zero attached hydrogens (tertiary/aromatic N) is 1. The van der Waals surface area contributed by atoms with Gasteiger partial charge in [0.1, 0.15) is 18.1 Å². The van der Waals surface area contributed by atoms with Crippen LogP contribution in [0.25, 0.3) is 10.8 Å². The van der Waals surface area contributed by atoms with Gasteiger partial charge in [0.25, 0.3) is 5.91 Å². The first kappa shape index (κ1) is 28.7. The molecule has 2 aliphatic rings. The van der Waals surface area contributed by atoms with E-state index in [2.05, 4.69) is 5.32 Å². The van der Waals surface area contributed by atoms with Crippen LogP contribution in [0.1, 0.15) is 66.6 Å². The smallest absolute Gasteiger partial charge is 0.338 e. The highest BCUT2D eigenvalue weighted by Gasteiger charge is 2.46. The normalized spacial score (nSPS) is 23.8. The monoisotopic (exact) mass is 557 g/mol. The Labute approximate surface area is 240 Å². The predicted octanol–water partition coefficient (Wildman–Crippen LogP) is 4.25. The molecular weight excluding hydrogens is 518 g/mol. The van der Waals surface area contributed by atoms with Gasteiger partial charge < -0.3 is 31.4 Å². The van der Waals surface area contributed by atoms with E-state index in [4.69, 9.17) is 21.6 Å². The number of quaternary nitrogens is 1. The maximum Gasteiger partial charge on any atom is 0.338 e. The number of carbonyl (C=O) groups is 2. The van der Waals surface area contributed by atoms with Gasteiger partial charge in [-0.1, -0.05) is 50.2 Å². The van der Waals surface area contributed by atoms with Crippen LogP contribution < -0.4 is 21.4 Å². The van der Waals surface area contributed by atoms with Gasteiger partial charge in [0.2, 0.25) is 0 Å². The third-order valence-corrected chi connectivity index (χ3v) is 8.28. The number of esters is 1. The van der Waals surface area contributed by atoms with E-state index in [1.54, 1.807) is 30.3 Å². The number of hydroxylamine groups is 2. The highest BCUT2D eigenvalue weighted by atomic mass is 16.6. The molecule has 1 amide bonds. The maximum absolute atomic E-state index is 15.1. The zero-order valence-electron chi connectivity index (χ0n) is 23.7. The number of fused-ring (bicyclic) bond motifs is 2. The molecule has 41 heavy (non-hydrogen) atoms. The van der Waals surface area contributed by atoms with E-state index in [9.17, 15) is 9.59 Å². The number of hydrogen-bond donors (Lipinski definition) is 4. The molecule has 2 unspecified atom stereocenters. The number of nitrogens with one attached hydrogen (secondary N) is 2. The van der Waals surface area contributed by atoms with Crippen LogP contribution in [0.2, 0.25) is 0 Å². The molecule has 1 heterocycles. The molecule has 216 valence electrons. The third kappa shape index (κ3) is 5.98. The highest BCUT2D eigenvalue weighted by Crippen LogP contribution is 2.42. The Bertz CT molecular complexity index is 1480. The SMILES string of the molecule is CC(C)COC(=O)c1cc(C[N+]2([O-])c3cc(C(=N)N)ccc3CC2C(=O)NC2CCC(N)CC2)c2ccccc2c1. The van der Waals surface area contributed by atoms with Crippen LogP contribution in [-0.4, -0.2) is 42.4 Å². The molecule has 1 aliphatic heterocycles. The minimum absolute atomic E-state index is 0.0212.